The normalized spacial score (nSPS) is 33.3. The summed E-state index contributed by atoms with van der Waals surface area (Å²) in [5, 5.41) is 3.13. The minimum absolute atomic E-state index is 0.0623. The monoisotopic (exact) mass is 648 g/mol. The predicted octanol–water partition coefficient (Wildman–Crippen LogP) is 8.88. The molecule has 3 nitrogen and oxygen atoms in total. The summed E-state index contributed by atoms with van der Waals surface area (Å²) < 4.78 is 8.48. The van der Waals surface area contributed by atoms with Gasteiger partial charge in [0.25, 0.3) is 0 Å². The lowest BCUT2D eigenvalue weighted by atomic mass is 9.23. The minimum Gasteiger partial charge on any atom is -0.483 e. The van der Waals surface area contributed by atoms with Gasteiger partial charge in [0.15, 0.2) is 6.71 Å². The molecule has 1 saturated heterocycles. The summed E-state index contributed by atoms with van der Waals surface area (Å²) >= 11 is 2.09. The summed E-state index contributed by atoms with van der Waals surface area (Å²) in [6, 6.07) is 9.59. The Bertz CT molecular complexity index is 2120. The van der Waals surface area contributed by atoms with Crippen molar-refractivity contribution in [1.29, 1.82) is 0 Å². The zero-order valence-corrected chi connectivity index (χ0v) is 29.5. The van der Waals surface area contributed by atoms with Crippen LogP contribution in [0.2, 0.25) is 11.6 Å². The van der Waals surface area contributed by atoms with Gasteiger partial charge in [0, 0.05) is 50.3 Å². The molecule has 2 aromatic rings. The van der Waals surface area contributed by atoms with Crippen LogP contribution >= 0.6 is 11.3 Å². The van der Waals surface area contributed by atoms with Crippen molar-refractivity contribution < 1.29 is 4.74 Å². The van der Waals surface area contributed by atoms with Crippen molar-refractivity contribution in [1.82, 2.24) is 4.90 Å². The van der Waals surface area contributed by atoms with Crippen LogP contribution in [0.5, 0.6) is 5.75 Å². The van der Waals surface area contributed by atoms with Gasteiger partial charge in [-0.15, -0.1) is 11.3 Å². The van der Waals surface area contributed by atoms with Gasteiger partial charge in [0.1, 0.15) is 16.9 Å². The second-order valence-corrected chi connectivity index (χ2v) is 18.0. The fraction of sp³-hybridized carbons (Fsp3) is 0.442. The molecule has 0 spiro atoms. The lowest BCUT2D eigenvalue weighted by molar-refractivity contribution is 0.141. The van der Waals surface area contributed by atoms with Crippen LogP contribution in [0.4, 0.5) is 5.00 Å². The van der Waals surface area contributed by atoms with Crippen molar-refractivity contribution in [3.05, 3.63) is 110 Å². The minimum atomic E-state index is 0.0623. The van der Waals surface area contributed by atoms with Crippen molar-refractivity contribution in [2.24, 2.45) is 11.3 Å². The summed E-state index contributed by atoms with van der Waals surface area (Å²) in [5.74, 6) is 3.17. The van der Waals surface area contributed by atoms with Crippen molar-refractivity contribution in [3.63, 3.8) is 0 Å². The maximum Gasteiger partial charge on any atom is 0.196 e. The van der Waals surface area contributed by atoms with Crippen molar-refractivity contribution in [2.45, 2.75) is 108 Å². The molecule has 48 heavy (non-hydrogen) atoms. The maximum absolute atomic E-state index is 6.96. The van der Waals surface area contributed by atoms with Crippen LogP contribution in [-0.2, 0) is 0 Å². The molecule has 9 aliphatic rings. The fourth-order valence-electron chi connectivity index (χ4n) is 11.4. The van der Waals surface area contributed by atoms with E-state index in [4.69, 9.17) is 4.74 Å². The summed E-state index contributed by atoms with van der Waals surface area (Å²) in [7, 11) is 0. The lowest BCUT2D eigenvalue weighted by Gasteiger charge is -2.58. The molecule has 0 amide bonds. The van der Waals surface area contributed by atoms with Gasteiger partial charge in [-0.2, -0.15) is 0 Å². The van der Waals surface area contributed by atoms with Gasteiger partial charge in [-0.05, 0) is 96.3 Å². The lowest BCUT2D eigenvalue weighted by Crippen LogP contribution is -2.59. The Labute approximate surface area is 289 Å². The molecule has 0 N–H and O–H groups in total. The molecule has 0 bridgehead atoms. The first kappa shape index (κ1) is 28.4. The van der Waals surface area contributed by atoms with E-state index < -0.39 is 0 Å². The Kier molecular flexibility index (Phi) is 5.82. The molecule has 5 heterocycles. The van der Waals surface area contributed by atoms with Crippen LogP contribution in [-0.4, -0.2) is 29.8 Å². The standard InChI is InChI=1S/C43H45BN2OS/c1-24-21-34-39-35(22-24)46-40-29(38-28-12-6-8-18-37(28)48-42(38)46)14-9-15-31(40)44(39)30-20-19-25(43(2,3)4)23-33(30)45(34)32-16-10-13-27-26-11-5-7-17-36(26)47-41(27)32/h5,7,9,11-14,17-19,21,23-24,29-32,40-41H,6,8,10,15-16,20,22H2,1-4H3. The van der Waals surface area contributed by atoms with E-state index in [-0.39, 0.29) is 17.6 Å². The molecular weight excluding hydrogens is 603 g/mol. The smallest absolute Gasteiger partial charge is 0.196 e. The van der Waals surface area contributed by atoms with Crippen LogP contribution in [0.1, 0.15) is 89.7 Å². The third-order valence-electron chi connectivity index (χ3n) is 13.3. The van der Waals surface area contributed by atoms with Gasteiger partial charge >= 0.3 is 0 Å². The molecule has 4 aliphatic heterocycles. The Balaban J connectivity index is 1.13. The van der Waals surface area contributed by atoms with Gasteiger partial charge < -0.3 is 14.5 Å². The van der Waals surface area contributed by atoms with E-state index in [2.05, 4.69) is 122 Å². The number of fused-ring (bicyclic) bond motifs is 12. The predicted molar refractivity (Wildman–Crippen MR) is 201 cm³/mol. The molecule has 0 saturated carbocycles. The average Bonchev–Trinajstić information content (AvgIpc) is 3.75. The SMILES string of the molecule is CC1C=C2C3=C(C1)N1c4sc5c(c4C4C=CCC(B3C3CC=C(C(C)(C)C)C=C3N2C2CCC=C3c6ccccc6OC32)C41)=CCCC=5. The number of hydrogen-bond acceptors (Lipinski definition) is 4. The first-order valence-electron chi connectivity index (χ1n) is 18.8. The van der Waals surface area contributed by atoms with E-state index in [1.54, 1.807) is 32.6 Å². The number of para-hydroxylation sites is 1. The molecule has 1 aromatic heterocycles. The number of benzene rings is 1. The van der Waals surface area contributed by atoms with E-state index in [0.29, 0.717) is 36.2 Å². The molecule has 1 aromatic carbocycles. The summed E-state index contributed by atoms with van der Waals surface area (Å²) in [6.45, 7) is 10.2. The van der Waals surface area contributed by atoms with Crippen LogP contribution in [0.3, 0.4) is 0 Å². The number of rotatable bonds is 1. The highest BCUT2D eigenvalue weighted by atomic mass is 32.1. The summed E-state index contributed by atoms with van der Waals surface area (Å²) in [5.41, 5.74) is 12.4. The summed E-state index contributed by atoms with van der Waals surface area (Å²) in [4.78, 5) is 5.82. The molecule has 5 aliphatic carbocycles. The number of nitrogens with zero attached hydrogens (tertiary/aromatic N) is 2. The average molecular weight is 649 g/mol. The fourth-order valence-corrected chi connectivity index (χ4v) is 12.8. The second kappa shape index (κ2) is 9.84. The van der Waals surface area contributed by atoms with Crippen LogP contribution in [0.25, 0.3) is 17.7 Å². The number of ether oxygens (including phenoxy) is 1. The van der Waals surface area contributed by atoms with Gasteiger partial charge in [0.2, 0.25) is 0 Å². The molecular formula is C43H45BN2OS. The highest BCUT2D eigenvalue weighted by Gasteiger charge is 2.60. The van der Waals surface area contributed by atoms with E-state index >= 15 is 0 Å². The molecule has 7 unspecified atom stereocenters. The second-order valence-electron chi connectivity index (χ2n) is 16.9. The molecule has 7 atom stereocenters. The zero-order chi connectivity index (χ0) is 32.1. The van der Waals surface area contributed by atoms with E-state index in [9.17, 15) is 0 Å². The first-order chi connectivity index (χ1) is 23.4. The largest absolute Gasteiger partial charge is 0.483 e. The highest BCUT2D eigenvalue weighted by Crippen LogP contribution is 2.64. The number of thiophene rings is 1. The topological polar surface area (TPSA) is 15.7 Å². The third kappa shape index (κ3) is 3.67. The van der Waals surface area contributed by atoms with Crippen LogP contribution in [0, 0.1) is 11.3 Å². The van der Waals surface area contributed by atoms with E-state index in [0.717, 1.165) is 31.4 Å². The Morgan fingerprint density at radius 2 is 1.85 bits per heavy atom. The number of hydrogen-bond donors (Lipinski definition) is 0. The third-order valence-corrected chi connectivity index (χ3v) is 14.5. The van der Waals surface area contributed by atoms with E-state index in [1.807, 2.05) is 0 Å². The summed E-state index contributed by atoms with van der Waals surface area (Å²) in [6.07, 6.45) is 28.8. The molecule has 242 valence electrons. The Morgan fingerprint density at radius 3 is 2.75 bits per heavy atom. The number of allylic oxidation sites excluding steroid dienone is 9. The quantitative estimate of drug-likeness (QED) is 0.227. The molecule has 5 heteroatoms. The Morgan fingerprint density at radius 1 is 0.979 bits per heavy atom. The molecule has 0 radical (unpaired) electrons. The van der Waals surface area contributed by atoms with Gasteiger partial charge in [-0.3, -0.25) is 0 Å². The van der Waals surface area contributed by atoms with E-state index in [1.165, 1.54) is 46.2 Å². The Hall–Kier alpha value is -3.44. The van der Waals surface area contributed by atoms with Gasteiger partial charge in [0.05, 0.1) is 6.04 Å². The molecule has 1 fully saturated rings. The van der Waals surface area contributed by atoms with Crippen LogP contribution < -0.4 is 19.4 Å². The zero-order valence-electron chi connectivity index (χ0n) is 28.7. The number of anilines is 1. The van der Waals surface area contributed by atoms with Gasteiger partial charge in [-0.25, -0.2) is 0 Å². The van der Waals surface area contributed by atoms with Crippen molar-refractivity contribution in [2.75, 3.05) is 4.90 Å². The maximum atomic E-state index is 6.96. The van der Waals surface area contributed by atoms with Crippen molar-refractivity contribution in [3.8, 4) is 5.75 Å². The van der Waals surface area contributed by atoms with Gasteiger partial charge in [-0.1, -0.05) is 88.4 Å². The van der Waals surface area contributed by atoms with Crippen LogP contribution in [0.15, 0.2) is 88.9 Å². The van der Waals surface area contributed by atoms with Crippen molar-refractivity contribution >= 4 is 40.8 Å². The molecule has 11 rings (SSSR count). The first-order valence-corrected chi connectivity index (χ1v) is 19.6. The highest BCUT2D eigenvalue weighted by molar-refractivity contribution is 7.14.